The van der Waals surface area contributed by atoms with Crippen molar-refractivity contribution in [2.75, 3.05) is 26.3 Å². The van der Waals surface area contributed by atoms with Crippen molar-refractivity contribution >= 4 is 5.91 Å². The summed E-state index contributed by atoms with van der Waals surface area (Å²) in [6, 6.07) is 0. The topological polar surface area (TPSA) is 41.1 Å². The molecule has 1 amide bonds. The Morgan fingerprint density at radius 1 is 1.42 bits per heavy atom. The number of halogens is 1. The van der Waals surface area contributed by atoms with E-state index >= 15 is 0 Å². The van der Waals surface area contributed by atoms with E-state index in [0.29, 0.717) is 32.5 Å². The zero-order valence-corrected chi connectivity index (χ0v) is 7.53. The molecule has 0 unspecified atom stereocenters. The van der Waals surface area contributed by atoms with Crippen LogP contribution in [-0.2, 0) is 4.79 Å². The van der Waals surface area contributed by atoms with E-state index < -0.39 is 0 Å². The second-order valence-corrected chi connectivity index (χ2v) is 2.50. The Morgan fingerprint density at radius 3 is 2.75 bits per heavy atom. The van der Waals surface area contributed by atoms with E-state index in [4.69, 9.17) is 0 Å². The predicted octanol–water partition coefficient (Wildman–Crippen LogP) is 0.462. The molecule has 0 aliphatic rings. The Hall–Kier alpha value is -0.640. The number of hydrogen-bond acceptors (Lipinski definition) is 2. The van der Waals surface area contributed by atoms with Gasteiger partial charge in [-0.05, 0) is 19.9 Å². The van der Waals surface area contributed by atoms with E-state index in [1.807, 2.05) is 6.92 Å². The quantitative estimate of drug-likeness (QED) is 0.553. The van der Waals surface area contributed by atoms with Crippen LogP contribution in [0, 0.1) is 0 Å². The summed E-state index contributed by atoms with van der Waals surface area (Å²) in [6.45, 7) is 3.54. The average Bonchev–Trinajstić information content (AvgIpc) is 2.05. The third-order valence-electron chi connectivity index (χ3n) is 1.39. The molecule has 0 aromatic carbocycles. The second-order valence-electron chi connectivity index (χ2n) is 2.50. The van der Waals surface area contributed by atoms with Gasteiger partial charge in [0, 0.05) is 19.5 Å². The fraction of sp³-hybridized carbons (Fsp3) is 0.875. The minimum Gasteiger partial charge on any atom is -0.356 e. The van der Waals surface area contributed by atoms with Gasteiger partial charge in [-0.25, -0.2) is 0 Å². The maximum atomic E-state index is 11.6. The van der Waals surface area contributed by atoms with Crippen molar-refractivity contribution in [1.29, 1.82) is 0 Å². The van der Waals surface area contributed by atoms with Crippen LogP contribution < -0.4 is 10.6 Å². The van der Waals surface area contributed by atoms with Gasteiger partial charge < -0.3 is 10.6 Å². The molecule has 0 heterocycles. The Balaban J connectivity index is 3.03. The smallest absolute Gasteiger partial charge is 0.221 e. The molecule has 0 aliphatic carbocycles. The van der Waals surface area contributed by atoms with Crippen LogP contribution in [0.15, 0.2) is 0 Å². The highest BCUT2D eigenvalue weighted by Gasteiger charge is 1.96. The zero-order chi connectivity index (χ0) is 9.23. The Labute approximate surface area is 72.7 Å². The molecule has 0 fully saturated rings. The van der Waals surface area contributed by atoms with Crippen LogP contribution in [0.3, 0.4) is 0 Å². The van der Waals surface area contributed by atoms with Gasteiger partial charge in [-0.1, -0.05) is 0 Å². The Morgan fingerprint density at radius 2 is 2.17 bits per heavy atom. The third kappa shape index (κ3) is 7.47. The molecule has 0 bridgehead atoms. The second kappa shape index (κ2) is 8.46. The highest BCUT2D eigenvalue weighted by Crippen LogP contribution is 1.79. The van der Waals surface area contributed by atoms with Gasteiger partial charge in [0.25, 0.3) is 0 Å². The van der Waals surface area contributed by atoms with Crippen molar-refractivity contribution in [3.63, 3.8) is 0 Å². The normalized spacial score (nSPS) is 9.83. The van der Waals surface area contributed by atoms with E-state index in [0.717, 1.165) is 0 Å². The number of nitrogens with one attached hydrogen (secondary N) is 2. The monoisotopic (exact) mass is 176 g/mol. The maximum Gasteiger partial charge on any atom is 0.221 e. The highest BCUT2D eigenvalue weighted by molar-refractivity contribution is 5.75. The molecule has 0 aromatic heterocycles. The molecule has 72 valence electrons. The summed E-state index contributed by atoms with van der Waals surface area (Å²) in [5.41, 5.74) is 0. The van der Waals surface area contributed by atoms with Crippen LogP contribution in [-0.4, -0.2) is 32.2 Å². The number of alkyl halides is 1. The minimum absolute atomic E-state index is 0.0465. The summed E-state index contributed by atoms with van der Waals surface area (Å²) < 4.78 is 11.6. The first-order valence-electron chi connectivity index (χ1n) is 4.34. The van der Waals surface area contributed by atoms with Crippen LogP contribution in [0.4, 0.5) is 4.39 Å². The van der Waals surface area contributed by atoms with E-state index in [1.54, 1.807) is 0 Å². The zero-order valence-electron chi connectivity index (χ0n) is 7.53. The molecule has 0 radical (unpaired) electrons. The molecule has 0 saturated carbocycles. The standard InChI is InChI=1S/C8H17FN2O/c1-2-11-8(12)4-7-10-6-3-5-9/h10H,2-7H2,1H3,(H,11,12). The number of rotatable bonds is 7. The molecular weight excluding hydrogens is 159 g/mol. The van der Waals surface area contributed by atoms with Gasteiger partial charge in [0.15, 0.2) is 0 Å². The molecule has 12 heavy (non-hydrogen) atoms. The van der Waals surface area contributed by atoms with Gasteiger partial charge in [0.2, 0.25) is 5.91 Å². The molecule has 0 rings (SSSR count). The Bertz CT molecular complexity index is 120. The van der Waals surface area contributed by atoms with Gasteiger partial charge in [0.05, 0.1) is 6.67 Å². The molecule has 3 nitrogen and oxygen atoms in total. The maximum absolute atomic E-state index is 11.6. The summed E-state index contributed by atoms with van der Waals surface area (Å²) in [4.78, 5) is 10.9. The van der Waals surface area contributed by atoms with Crippen LogP contribution >= 0.6 is 0 Å². The van der Waals surface area contributed by atoms with E-state index in [2.05, 4.69) is 10.6 Å². The molecule has 0 spiro atoms. The van der Waals surface area contributed by atoms with Gasteiger partial charge in [-0.2, -0.15) is 0 Å². The van der Waals surface area contributed by atoms with Crippen molar-refractivity contribution in [2.24, 2.45) is 0 Å². The van der Waals surface area contributed by atoms with E-state index in [9.17, 15) is 9.18 Å². The summed E-state index contributed by atoms with van der Waals surface area (Å²) >= 11 is 0. The predicted molar refractivity (Wildman–Crippen MR) is 46.8 cm³/mol. The SMILES string of the molecule is CCNC(=O)CCNCCCF. The minimum atomic E-state index is -0.297. The van der Waals surface area contributed by atoms with Crippen LogP contribution in [0.25, 0.3) is 0 Å². The third-order valence-corrected chi connectivity index (χ3v) is 1.39. The van der Waals surface area contributed by atoms with Crippen molar-refractivity contribution in [2.45, 2.75) is 19.8 Å². The van der Waals surface area contributed by atoms with E-state index in [1.165, 1.54) is 0 Å². The molecule has 0 aromatic rings. The van der Waals surface area contributed by atoms with Gasteiger partial charge in [0.1, 0.15) is 0 Å². The molecular formula is C8H17FN2O. The van der Waals surface area contributed by atoms with Crippen LogP contribution in [0.1, 0.15) is 19.8 Å². The van der Waals surface area contributed by atoms with Crippen molar-refractivity contribution in [3.8, 4) is 0 Å². The first-order valence-corrected chi connectivity index (χ1v) is 4.34. The lowest BCUT2D eigenvalue weighted by Crippen LogP contribution is -2.27. The van der Waals surface area contributed by atoms with Crippen molar-refractivity contribution in [3.05, 3.63) is 0 Å². The number of amides is 1. The number of carbonyl (C=O) groups excluding carboxylic acids is 1. The van der Waals surface area contributed by atoms with Crippen LogP contribution in [0.2, 0.25) is 0 Å². The summed E-state index contributed by atoms with van der Waals surface area (Å²) in [7, 11) is 0. The Kier molecular flexibility index (Phi) is 8.01. The molecule has 0 aliphatic heterocycles. The van der Waals surface area contributed by atoms with Gasteiger partial charge in [-0.15, -0.1) is 0 Å². The number of hydrogen-bond donors (Lipinski definition) is 2. The first kappa shape index (κ1) is 11.4. The van der Waals surface area contributed by atoms with Crippen molar-refractivity contribution in [1.82, 2.24) is 10.6 Å². The summed E-state index contributed by atoms with van der Waals surface area (Å²) in [6.07, 6.45) is 0.996. The van der Waals surface area contributed by atoms with Gasteiger partial charge >= 0.3 is 0 Å². The van der Waals surface area contributed by atoms with E-state index in [-0.39, 0.29) is 12.6 Å². The first-order chi connectivity index (χ1) is 5.81. The van der Waals surface area contributed by atoms with Gasteiger partial charge in [-0.3, -0.25) is 9.18 Å². The number of carbonyl (C=O) groups is 1. The summed E-state index contributed by atoms with van der Waals surface area (Å²) in [5, 5.41) is 5.66. The molecule has 0 saturated heterocycles. The lowest BCUT2D eigenvalue weighted by molar-refractivity contribution is -0.120. The fourth-order valence-corrected chi connectivity index (χ4v) is 0.804. The molecule has 4 heteroatoms. The lowest BCUT2D eigenvalue weighted by atomic mass is 10.4. The average molecular weight is 176 g/mol. The molecule has 2 N–H and O–H groups in total. The lowest BCUT2D eigenvalue weighted by Gasteiger charge is -2.02. The highest BCUT2D eigenvalue weighted by atomic mass is 19.1. The van der Waals surface area contributed by atoms with Crippen LogP contribution in [0.5, 0.6) is 0 Å². The fourth-order valence-electron chi connectivity index (χ4n) is 0.804. The largest absolute Gasteiger partial charge is 0.356 e. The summed E-state index contributed by atoms with van der Waals surface area (Å²) in [5.74, 6) is 0.0465. The van der Waals surface area contributed by atoms with Crippen molar-refractivity contribution < 1.29 is 9.18 Å². The molecule has 0 atom stereocenters.